The monoisotopic (exact) mass is 254 g/mol. The van der Waals surface area contributed by atoms with Gasteiger partial charge in [0, 0.05) is 62.5 Å². The van der Waals surface area contributed by atoms with Crippen LogP contribution >= 0.6 is 11.8 Å². The molecule has 1 fully saturated rings. The van der Waals surface area contributed by atoms with Crippen LogP contribution in [0.3, 0.4) is 0 Å². The first kappa shape index (κ1) is 12.9. The molecule has 1 aliphatic rings. The summed E-state index contributed by atoms with van der Waals surface area (Å²) in [4.78, 5) is 2.54. The van der Waals surface area contributed by atoms with Crippen molar-refractivity contribution in [2.45, 2.75) is 13.5 Å². The zero-order chi connectivity index (χ0) is 12.1. The molecule has 0 atom stereocenters. The molecule has 0 unspecified atom stereocenters. The molecule has 0 saturated carbocycles. The summed E-state index contributed by atoms with van der Waals surface area (Å²) in [5.74, 6) is 2.59. The van der Waals surface area contributed by atoms with E-state index in [-0.39, 0.29) is 0 Å². The van der Waals surface area contributed by atoms with E-state index in [9.17, 15) is 0 Å². The van der Waals surface area contributed by atoms with Crippen LogP contribution in [0.2, 0.25) is 0 Å². The van der Waals surface area contributed by atoms with Crippen LogP contribution in [0.25, 0.3) is 0 Å². The smallest absolute Gasteiger partial charge is 0.0537 e. The van der Waals surface area contributed by atoms with Gasteiger partial charge in [0.1, 0.15) is 0 Å². The van der Waals surface area contributed by atoms with Gasteiger partial charge in [-0.1, -0.05) is 0 Å². The minimum absolute atomic E-state index is 0.933. The van der Waals surface area contributed by atoms with E-state index in [2.05, 4.69) is 34.0 Å². The van der Waals surface area contributed by atoms with Crippen molar-refractivity contribution in [3.8, 4) is 0 Å². The molecule has 1 saturated heterocycles. The number of hydrogen-bond acceptors (Lipinski definition) is 4. The third kappa shape index (κ3) is 3.72. The van der Waals surface area contributed by atoms with Crippen molar-refractivity contribution in [1.82, 2.24) is 20.0 Å². The molecule has 0 amide bonds. The topological polar surface area (TPSA) is 33.1 Å². The lowest BCUT2D eigenvalue weighted by Gasteiger charge is -2.26. The van der Waals surface area contributed by atoms with E-state index in [1.165, 1.54) is 42.4 Å². The van der Waals surface area contributed by atoms with Crippen molar-refractivity contribution < 1.29 is 0 Å². The third-order valence-electron chi connectivity index (χ3n) is 3.36. The second-order valence-electron chi connectivity index (χ2n) is 4.51. The largest absolute Gasteiger partial charge is 0.311 e. The van der Waals surface area contributed by atoms with E-state index in [4.69, 9.17) is 0 Å². The molecule has 1 aromatic rings. The van der Waals surface area contributed by atoms with Crippen LogP contribution in [0.5, 0.6) is 0 Å². The Morgan fingerprint density at radius 2 is 2.18 bits per heavy atom. The average molecular weight is 254 g/mol. The fraction of sp³-hybridized carbons (Fsp3) is 0.750. The van der Waals surface area contributed by atoms with Crippen LogP contribution in [0, 0.1) is 6.92 Å². The highest BCUT2D eigenvalue weighted by Crippen LogP contribution is 2.08. The van der Waals surface area contributed by atoms with Crippen LogP contribution in [0.15, 0.2) is 6.20 Å². The van der Waals surface area contributed by atoms with Gasteiger partial charge in [0.25, 0.3) is 0 Å². The van der Waals surface area contributed by atoms with Crippen LogP contribution < -0.4 is 5.32 Å². The fourth-order valence-electron chi connectivity index (χ4n) is 2.00. The van der Waals surface area contributed by atoms with Crippen molar-refractivity contribution in [1.29, 1.82) is 0 Å². The molecule has 4 nitrogen and oxygen atoms in total. The Bertz CT molecular complexity index is 344. The zero-order valence-electron chi connectivity index (χ0n) is 10.8. The molecule has 5 heteroatoms. The van der Waals surface area contributed by atoms with Gasteiger partial charge in [-0.15, -0.1) is 0 Å². The minimum atomic E-state index is 0.933. The van der Waals surface area contributed by atoms with Crippen molar-refractivity contribution in [2.75, 3.05) is 37.7 Å². The molecule has 0 aromatic carbocycles. The first-order chi connectivity index (χ1) is 8.27. The Labute approximate surface area is 108 Å². The van der Waals surface area contributed by atoms with Crippen molar-refractivity contribution >= 4 is 11.8 Å². The average Bonchev–Trinajstić information content (AvgIpc) is 2.67. The number of nitrogens with zero attached hydrogens (tertiary/aromatic N) is 3. The number of thioether (sulfide) groups is 1. The molecule has 1 aromatic heterocycles. The summed E-state index contributed by atoms with van der Waals surface area (Å²) in [6.45, 7) is 7.78. The summed E-state index contributed by atoms with van der Waals surface area (Å²) in [5, 5.41) is 7.75. The number of nitrogens with one attached hydrogen (secondary N) is 1. The molecule has 0 radical (unpaired) electrons. The molecule has 96 valence electrons. The highest BCUT2D eigenvalue weighted by Gasteiger charge is 2.09. The normalized spacial score (nSPS) is 17.5. The second-order valence-corrected chi connectivity index (χ2v) is 5.73. The predicted molar refractivity (Wildman–Crippen MR) is 73.4 cm³/mol. The van der Waals surface area contributed by atoms with Gasteiger partial charge >= 0.3 is 0 Å². The van der Waals surface area contributed by atoms with Crippen LogP contribution in [0.1, 0.15) is 11.3 Å². The third-order valence-corrected chi connectivity index (χ3v) is 4.30. The highest BCUT2D eigenvalue weighted by atomic mass is 32.2. The molecule has 0 aliphatic carbocycles. The molecule has 2 rings (SSSR count). The SMILES string of the molecule is Cc1c(CNCCN2CCSCC2)cnn1C. The summed E-state index contributed by atoms with van der Waals surface area (Å²) in [6, 6.07) is 0. The predicted octanol–water partition coefficient (Wildman–Crippen LogP) is 0.867. The number of hydrogen-bond donors (Lipinski definition) is 1. The Hall–Kier alpha value is -0.520. The van der Waals surface area contributed by atoms with E-state index >= 15 is 0 Å². The van der Waals surface area contributed by atoms with Crippen LogP contribution in [0.4, 0.5) is 0 Å². The standard InChI is InChI=1S/C12H22N4S/c1-11-12(10-14-15(11)2)9-13-3-4-16-5-7-17-8-6-16/h10,13H,3-9H2,1-2H3. The summed E-state index contributed by atoms with van der Waals surface area (Å²) >= 11 is 2.07. The molecular weight excluding hydrogens is 232 g/mol. The summed E-state index contributed by atoms with van der Waals surface area (Å²) < 4.78 is 1.93. The summed E-state index contributed by atoms with van der Waals surface area (Å²) in [6.07, 6.45) is 1.96. The Balaban J connectivity index is 1.64. The van der Waals surface area contributed by atoms with E-state index in [1.807, 2.05) is 17.9 Å². The van der Waals surface area contributed by atoms with Gasteiger partial charge in [-0.2, -0.15) is 16.9 Å². The number of aryl methyl sites for hydroxylation is 1. The van der Waals surface area contributed by atoms with Gasteiger partial charge < -0.3 is 10.2 Å². The molecular formula is C12H22N4S. The molecule has 0 bridgehead atoms. The van der Waals surface area contributed by atoms with Crippen molar-refractivity contribution in [3.05, 3.63) is 17.5 Å². The lowest BCUT2D eigenvalue weighted by molar-refractivity contribution is 0.301. The van der Waals surface area contributed by atoms with Crippen LogP contribution in [-0.4, -0.2) is 52.4 Å². The van der Waals surface area contributed by atoms with Crippen molar-refractivity contribution in [2.24, 2.45) is 7.05 Å². The van der Waals surface area contributed by atoms with Gasteiger partial charge in [-0.25, -0.2) is 0 Å². The summed E-state index contributed by atoms with van der Waals surface area (Å²) in [5.41, 5.74) is 2.56. The zero-order valence-corrected chi connectivity index (χ0v) is 11.6. The fourth-order valence-corrected chi connectivity index (χ4v) is 2.98. The molecule has 1 N–H and O–H groups in total. The Morgan fingerprint density at radius 3 is 2.82 bits per heavy atom. The van der Waals surface area contributed by atoms with Gasteiger partial charge in [0.05, 0.1) is 6.20 Å². The minimum Gasteiger partial charge on any atom is -0.311 e. The quantitative estimate of drug-likeness (QED) is 0.790. The van der Waals surface area contributed by atoms with E-state index < -0.39 is 0 Å². The lowest BCUT2D eigenvalue weighted by atomic mass is 10.2. The number of rotatable bonds is 5. The Morgan fingerprint density at radius 1 is 1.41 bits per heavy atom. The Kier molecular flexibility index (Phi) is 4.88. The van der Waals surface area contributed by atoms with E-state index in [0.29, 0.717) is 0 Å². The molecule has 0 spiro atoms. The van der Waals surface area contributed by atoms with Crippen LogP contribution in [-0.2, 0) is 13.6 Å². The summed E-state index contributed by atoms with van der Waals surface area (Å²) in [7, 11) is 1.99. The lowest BCUT2D eigenvalue weighted by Crippen LogP contribution is -2.37. The highest BCUT2D eigenvalue weighted by molar-refractivity contribution is 7.99. The maximum absolute atomic E-state index is 4.25. The van der Waals surface area contributed by atoms with E-state index in [1.54, 1.807) is 0 Å². The van der Waals surface area contributed by atoms with Gasteiger partial charge in [-0.05, 0) is 6.92 Å². The van der Waals surface area contributed by atoms with Gasteiger partial charge in [0.2, 0.25) is 0 Å². The first-order valence-electron chi connectivity index (χ1n) is 6.25. The number of aromatic nitrogens is 2. The maximum Gasteiger partial charge on any atom is 0.0537 e. The maximum atomic E-state index is 4.25. The van der Waals surface area contributed by atoms with E-state index in [0.717, 1.165) is 13.1 Å². The molecule has 2 heterocycles. The second kappa shape index (κ2) is 6.42. The molecule has 1 aliphatic heterocycles. The van der Waals surface area contributed by atoms with Gasteiger partial charge in [-0.3, -0.25) is 4.68 Å². The first-order valence-corrected chi connectivity index (χ1v) is 7.41. The van der Waals surface area contributed by atoms with Crippen molar-refractivity contribution in [3.63, 3.8) is 0 Å². The van der Waals surface area contributed by atoms with Gasteiger partial charge in [0.15, 0.2) is 0 Å². The molecule has 17 heavy (non-hydrogen) atoms.